The van der Waals surface area contributed by atoms with Crippen LogP contribution in [0, 0.1) is 23.1 Å². The third-order valence-electron chi connectivity index (χ3n) is 9.85. The molecule has 4 saturated heterocycles. The van der Waals surface area contributed by atoms with Crippen molar-refractivity contribution in [2.24, 2.45) is 5.92 Å². The van der Waals surface area contributed by atoms with Crippen molar-refractivity contribution in [1.82, 2.24) is 24.3 Å². The van der Waals surface area contributed by atoms with E-state index in [2.05, 4.69) is 26.6 Å². The average Bonchev–Trinajstić information content (AvgIpc) is 3.78. The molecular formula is C33H36BrF3N6O3S. The summed E-state index contributed by atoms with van der Waals surface area (Å²) in [4.78, 5) is 36.4. The number of nitriles is 1. The quantitative estimate of drug-likeness (QED) is 0.250. The normalized spacial score (nSPS) is 24.9. The van der Waals surface area contributed by atoms with E-state index in [-0.39, 0.29) is 40.5 Å². The van der Waals surface area contributed by atoms with Crippen molar-refractivity contribution in [3.63, 3.8) is 0 Å². The van der Waals surface area contributed by atoms with Crippen LogP contribution < -0.4 is 0 Å². The Morgan fingerprint density at radius 3 is 2.62 bits per heavy atom. The molecule has 9 nitrogen and oxygen atoms in total. The van der Waals surface area contributed by atoms with Crippen LogP contribution in [0.5, 0.6) is 0 Å². The summed E-state index contributed by atoms with van der Waals surface area (Å²) in [7, 11) is 0. The van der Waals surface area contributed by atoms with E-state index < -0.39 is 42.5 Å². The van der Waals surface area contributed by atoms with E-state index in [9.17, 15) is 23.6 Å². The van der Waals surface area contributed by atoms with E-state index in [4.69, 9.17) is 9.72 Å². The molecule has 0 spiro atoms. The lowest BCUT2D eigenvalue weighted by Gasteiger charge is -2.43. The van der Waals surface area contributed by atoms with Crippen molar-refractivity contribution in [2.45, 2.75) is 87.6 Å². The molecule has 47 heavy (non-hydrogen) atoms. The SMILES string of the molecule is CSc1nc2c(F)c(Br)c(CCC#N)cc2c2c1cc([C@H]1CCCN1C(=O)N1CC(F)(F)C1)n2[C@H]1[C@@H]2C[C@H]1N(C(=O)OC(C)(C)C)C2. The molecule has 6 heterocycles. The molecule has 0 N–H and O–H groups in total. The van der Waals surface area contributed by atoms with Crippen molar-refractivity contribution in [3.8, 4) is 6.07 Å². The number of thioether (sulfide) groups is 1. The van der Waals surface area contributed by atoms with Crippen LogP contribution in [-0.2, 0) is 11.2 Å². The summed E-state index contributed by atoms with van der Waals surface area (Å²) in [6.45, 7) is 5.24. The van der Waals surface area contributed by atoms with E-state index in [1.165, 1.54) is 16.7 Å². The molecule has 4 aliphatic heterocycles. The van der Waals surface area contributed by atoms with Crippen LogP contribution >= 0.6 is 27.7 Å². The first-order chi connectivity index (χ1) is 22.2. The highest BCUT2D eigenvalue weighted by Gasteiger charge is 2.57. The van der Waals surface area contributed by atoms with Gasteiger partial charge in [0.2, 0.25) is 0 Å². The number of carbonyl (C=O) groups excluding carboxylic acids is 2. The molecule has 4 atom stereocenters. The fourth-order valence-electron chi connectivity index (χ4n) is 7.84. The number of pyridine rings is 1. The molecule has 8 rings (SSSR count). The number of likely N-dealkylation sites (tertiary alicyclic amines) is 2. The van der Waals surface area contributed by atoms with E-state index in [0.717, 1.165) is 23.0 Å². The summed E-state index contributed by atoms with van der Waals surface area (Å²) in [5.41, 5.74) is 1.77. The zero-order valence-electron chi connectivity index (χ0n) is 26.7. The second-order valence-electron chi connectivity index (χ2n) is 14.1. The molecule has 5 fully saturated rings. The zero-order chi connectivity index (χ0) is 33.6. The maximum atomic E-state index is 16.1. The predicted molar refractivity (Wildman–Crippen MR) is 175 cm³/mol. The van der Waals surface area contributed by atoms with Gasteiger partial charge in [0.25, 0.3) is 5.92 Å². The van der Waals surface area contributed by atoms with Gasteiger partial charge in [0.1, 0.15) is 16.1 Å². The Labute approximate surface area is 283 Å². The van der Waals surface area contributed by atoms with Crippen molar-refractivity contribution >= 4 is 61.6 Å². The molecule has 5 aliphatic rings. The second kappa shape index (κ2) is 11.5. The lowest BCUT2D eigenvalue weighted by molar-refractivity contribution is -0.114. The monoisotopic (exact) mass is 732 g/mol. The fraction of sp³-hybridized carbons (Fsp3) is 0.576. The fourth-order valence-corrected chi connectivity index (χ4v) is 8.90. The number of aryl methyl sites for hydroxylation is 1. The van der Waals surface area contributed by atoms with Crippen LogP contribution in [0.3, 0.4) is 0 Å². The van der Waals surface area contributed by atoms with Gasteiger partial charge in [-0.25, -0.2) is 27.7 Å². The summed E-state index contributed by atoms with van der Waals surface area (Å²) >= 11 is 4.80. The van der Waals surface area contributed by atoms with Crippen LogP contribution in [0.15, 0.2) is 21.6 Å². The number of hydrogen-bond acceptors (Lipinski definition) is 6. The number of amides is 3. The molecule has 3 amide bonds. The lowest BCUT2D eigenvalue weighted by Crippen LogP contribution is -2.61. The highest BCUT2D eigenvalue weighted by Crippen LogP contribution is 2.54. The molecule has 14 heteroatoms. The summed E-state index contributed by atoms with van der Waals surface area (Å²) in [5.74, 6) is -3.29. The zero-order valence-corrected chi connectivity index (χ0v) is 29.1. The van der Waals surface area contributed by atoms with Crippen LogP contribution in [0.4, 0.5) is 22.8 Å². The summed E-state index contributed by atoms with van der Waals surface area (Å²) in [6.07, 6.45) is 4.18. The van der Waals surface area contributed by atoms with E-state index in [0.29, 0.717) is 48.3 Å². The standard InChI is InChI=1S/C33H36BrF3N6O3S/c1-32(2,3)46-31(45)42-14-18-12-23(42)27(18)43-22(21-8-6-10-41(21)30(44)40-15-33(36,37)16-40)13-20-28(43)19-11-17(7-5-9-38)24(34)25(35)26(19)39-29(20)47-4/h11,13,18,21,23,27H,5-8,10,12,14-16H2,1-4H3/t18-,21-,23-,27+/m1/s1. The van der Waals surface area contributed by atoms with Crippen molar-refractivity contribution in [1.29, 1.82) is 5.26 Å². The topological polar surface area (TPSA) is 94.7 Å². The molecule has 2 aromatic heterocycles. The molecular weight excluding hydrogens is 697 g/mol. The first-order valence-corrected chi connectivity index (χ1v) is 17.9. The molecule has 3 aromatic rings. The largest absolute Gasteiger partial charge is 0.444 e. The molecule has 2 bridgehead atoms. The number of benzene rings is 1. The minimum atomic E-state index is -2.88. The van der Waals surface area contributed by atoms with Gasteiger partial charge in [-0.15, -0.1) is 11.8 Å². The number of rotatable bonds is 5. The van der Waals surface area contributed by atoms with Gasteiger partial charge in [-0.05, 0) is 86.3 Å². The number of alkyl halides is 2. The van der Waals surface area contributed by atoms with Crippen molar-refractivity contribution < 1.29 is 27.5 Å². The number of carbonyl (C=O) groups is 2. The maximum absolute atomic E-state index is 16.1. The van der Waals surface area contributed by atoms with Crippen molar-refractivity contribution in [3.05, 3.63) is 33.7 Å². The van der Waals surface area contributed by atoms with Gasteiger partial charge < -0.3 is 24.0 Å². The lowest BCUT2D eigenvalue weighted by atomic mass is 9.79. The van der Waals surface area contributed by atoms with Crippen LogP contribution in [-0.4, -0.2) is 86.4 Å². The van der Waals surface area contributed by atoms with Gasteiger partial charge in [0, 0.05) is 41.9 Å². The van der Waals surface area contributed by atoms with Gasteiger partial charge in [-0.1, -0.05) is 0 Å². The van der Waals surface area contributed by atoms with Gasteiger partial charge in [-0.3, -0.25) is 0 Å². The van der Waals surface area contributed by atoms with Crippen molar-refractivity contribution in [2.75, 3.05) is 32.4 Å². The van der Waals surface area contributed by atoms with E-state index in [1.807, 2.05) is 39.2 Å². The number of hydrogen-bond donors (Lipinski definition) is 0. The molecule has 250 valence electrons. The number of aromatic nitrogens is 2. The first kappa shape index (κ1) is 32.4. The Balaban J connectivity index is 1.42. The first-order valence-electron chi connectivity index (χ1n) is 15.9. The Morgan fingerprint density at radius 1 is 1.21 bits per heavy atom. The summed E-state index contributed by atoms with van der Waals surface area (Å²) < 4.78 is 52.0. The Bertz CT molecular complexity index is 1850. The van der Waals surface area contributed by atoms with E-state index in [1.54, 1.807) is 9.80 Å². The molecule has 0 unspecified atom stereocenters. The van der Waals surface area contributed by atoms with Gasteiger partial charge in [0.15, 0.2) is 5.82 Å². The highest BCUT2D eigenvalue weighted by atomic mass is 79.9. The predicted octanol–water partition coefficient (Wildman–Crippen LogP) is 7.66. The Kier molecular flexibility index (Phi) is 7.90. The molecule has 1 saturated carbocycles. The second-order valence-corrected chi connectivity index (χ2v) is 15.7. The number of urea groups is 1. The molecule has 0 radical (unpaired) electrons. The molecule has 1 aliphatic carbocycles. The third-order valence-corrected chi connectivity index (χ3v) is 11.4. The highest BCUT2D eigenvalue weighted by molar-refractivity contribution is 9.10. The Morgan fingerprint density at radius 2 is 1.96 bits per heavy atom. The Hall–Kier alpha value is -3.18. The van der Waals surface area contributed by atoms with Gasteiger partial charge in [-0.2, -0.15) is 5.26 Å². The third kappa shape index (κ3) is 5.32. The average molecular weight is 734 g/mol. The number of fused-ring (bicyclic) bond motifs is 4. The smallest absolute Gasteiger partial charge is 0.410 e. The minimum Gasteiger partial charge on any atom is -0.444 e. The molecule has 1 aromatic carbocycles. The van der Waals surface area contributed by atoms with Crippen LogP contribution in [0.1, 0.15) is 69.8 Å². The van der Waals surface area contributed by atoms with Gasteiger partial charge >= 0.3 is 12.1 Å². The van der Waals surface area contributed by atoms with E-state index >= 15 is 4.39 Å². The van der Waals surface area contributed by atoms with Crippen LogP contribution in [0.2, 0.25) is 0 Å². The number of halogens is 4. The van der Waals surface area contributed by atoms with Gasteiger partial charge in [0.05, 0.1) is 47.3 Å². The summed E-state index contributed by atoms with van der Waals surface area (Å²) in [5, 5.41) is 11.3. The number of nitrogens with zero attached hydrogens (tertiary/aromatic N) is 6. The number of ether oxygens (including phenoxy) is 1. The van der Waals surface area contributed by atoms with Crippen LogP contribution in [0.25, 0.3) is 21.8 Å². The summed E-state index contributed by atoms with van der Waals surface area (Å²) in [6, 6.07) is 4.90. The minimum absolute atomic E-state index is 0.0980. The maximum Gasteiger partial charge on any atom is 0.410 e.